The second-order valence-corrected chi connectivity index (χ2v) is 8.43. The minimum Gasteiger partial charge on any atom is -0.539 e. The lowest BCUT2D eigenvalue weighted by Gasteiger charge is -2.49. The largest absolute Gasteiger partial charge is 0.539 e. The molecule has 1 heterocycles. The van der Waals surface area contributed by atoms with Crippen molar-refractivity contribution in [1.29, 1.82) is 0 Å². The molecule has 1 fully saturated rings. The third-order valence-corrected chi connectivity index (χ3v) is 6.66. The van der Waals surface area contributed by atoms with E-state index in [4.69, 9.17) is 19.8 Å². The Balaban J connectivity index is 0.000000454. The molecule has 0 amide bonds. The van der Waals surface area contributed by atoms with Crippen molar-refractivity contribution < 1.29 is 30.2 Å². The van der Waals surface area contributed by atoms with Crippen molar-refractivity contribution in [2.75, 3.05) is 0 Å². The molecule has 4 unspecified atom stereocenters. The minimum atomic E-state index is -2.07. The van der Waals surface area contributed by atoms with E-state index < -0.39 is 17.5 Å². The Hall–Kier alpha value is -3.48. The summed E-state index contributed by atoms with van der Waals surface area (Å²) in [6.45, 7) is 4.39. The number of rotatable bonds is 3. The Morgan fingerprint density at radius 1 is 0.758 bits per heavy atom. The van der Waals surface area contributed by atoms with Gasteiger partial charge in [0.2, 0.25) is 0 Å². The Kier molecular flexibility index (Phi) is 7.63. The molecule has 0 radical (unpaired) electrons. The Morgan fingerprint density at radius 2 is 1.09 bits per heavy atom. The first-order valence-electron chi connectivity index (χ1n) is 10.9. The van der Waals surface area contributed by atoms with Crippen LogP contribution in [0.5, 0.6) is 0 Å². The van der Waals surface area contributed by atoms with Crippen LogP contribution in [0.25, 0.3) is 0 Å². The molecule has 1 saturated heterocycles. The SMILES string of the molecule is CC1C(c2ccccc2)[NH2+]C(c2ccccc2)C(C)C1(O)c1ccccc1.O=C([O-])C(=O)O. The maximum Gasteiger partial charge on any atom is 0.351 e. The highest BCUT2D eigenvalue weighted by atomic mass is 16.4. The van der Waals surface area contributed by atoms with Gasteiger partial charge in [-0.25, -0.2) is 4.79 Å². The van der Waals surface area contributed by atoms with Gasteiger partial charge in [-0.2, -0.15) is 0 Å². The van der Waals surface area contributed by atoms with Gasteiger partial charge in [-0.15, -0.1) is 0 Å². The van der Waals surface area contributed by atoms with Crippen LogP contribution in [0.1, 0.15) is 42.6 Å². The molecule has 4 N–H and O–H groups in total. The van der Waals surface area contributed by atoms with Crippen LogP contribution in [0.3, 0.4) is 0 Å². The molecule has 172 valence electrons. The maximum absolute atomic E-state index is 12.1. The van der Waals surface area contributed by atoms with E-state index in [1.54, 1.807) is 0 Å². The Morgan fingerprint density at radius 3 is 1.42 bits per heavy atom. The molecule has 4 rings (SSSR count). The summed E-state index contributed by atoms with van der Waals surface area (Å²) < 4.78 is 0. The van der Waals surface area contributed by atoms with Crippen LogP contribution in [0.4, 0.5) is 0 Å². The number of piperidine rings is 1. The number of nitrogens with two attached hydrogens (primary N) is 1. The van der Waals surface area contributed by atoms with E-state index in [1.165, 1.54) is 11.1 Å². The molecule has 0 aromatic heterocycles. The summed E-state index contributed by atoms with van der Waals surface area (Å²) in [5, 5.41) is 30.9. The highest BCUT2D eigenvalue weighted by molar-refractivity contribution is 6.26. The van der Waals surface area contributed by atoms with Crippen LogP contribution in [-0.2, 0) is 15.2 Å². The van der Waals surface area contributed by atoms with Gasteiger partial charge >= 0.3 is 5.97 Å². The fourth-order valence-electron chi connectivity index (χ4n) is 4.90. The number of aliphatic hydroxyl groups is 1. The monoisotopic (exact) mass is 447 g/mol. The van der Waals surface area contributed by atoms with Crippen LogP contribution in [0.2, 0.25) is 0 Å². The number of carboxylic acids is 2. The van der Waals surface area contributed by atoms with Gasteiger partial charge in [-0.05, 0) is 5.56 Å². The molecular weight excluding hydrogens is 418 g/mol. The molecule has 33 heavy (non-hydrogen) atoms. The lowest BCUT2D eigenvalue weighted by Crippen LogP contribution is -2.93. The first kappa shape index (κ1) is 24.2. The lowest BCUT2D eigenvalue weighted by molar-refractivity contribution is -0.765. The van der Waals surface area contributed by atoms with Crippen LogP contribution in [0, 0.1) is 11.8 Å². The summed E-state index contributed by atoms with van der Waals surface area (Å²) in [5.41, 5.74) is 2.66. The van der Waals surface area contributed by atoms with Crippen molar-refractivity contribution in [3.8, 4) is 0 Å². The zero-order chi connectivity index (χ0) is 24.0. The number of carboxylic acid groups (broad SMARTS) is 2. The Labute approximate surface area is 193 Å². The predicted molar refractivity (Wildman–Crippen MR) is 122 cm³/mol. The molecule has 1 aliphatic heterocycles. The summed E-state index contributed by atoms with van der Waals surface area (Å²) in [7, 11) is 0. The predicted octanol–water partition coefficient (Wildman–Crippen LogP) is 2.03. The van der Waals surface area contributed by atoms with Crippen molar-refractivity contribution in [2.45, 2.75) is 31.5 Å². The zero-order valence-electron chi connectivity index (χ0n) is 18.7. The Bertz CT molecular complexity index is 992. The summed E-state index contributed by atoms with van der Waals surface area (Å²) in [4.78, 5) is 18.0. The van der Waals surface area contributed by atoms with Gasteiger partial charge in [0.25, 0.3) is 0 Å². The van der Waals surface area contributed by atoms with E-state index >= 15 is 0 Å². The van der Waals surface area contributed by atoms with Gasteiger partial charge in [0.15, 0.2) is 5.97 Å². The molecular formula is C27H29NO5. The molecule has 0 bridgehead atoms. The molecule has 6 heteroatoms. The molecule has 0 aliphatic carbocycles. The number of quaternary nitrogens is 1. The molecule has 3 aromatic carbocycles. The third kappa shape index (κ3) is 5.13. The number of hydrogen-bond donors (Lipinski definition) is 3. The van der Waals surface area contributed by atoms with Crippen molar-refractivity contribution in [3.05, 3.63) is 108 Å². The van der Waals surface area contributed by atoms with Crippen molar-refractivity contribution >= 4 is 11.9 Å². The van der Waals surface area contributed by atoms with Crippen LogP contribution >= 0.6 is 0 Å². The number of benzene rings is 3. The van der Waals surface area contributed by atoms with E-state index in [9.17, 15) is 5.11 Å². The van der Waals surface area contributed by atoms with Gasteiger partial charge < -0.3 is 25.4 Å². The maximum atomic E-state index is 12.1. The zero-order valence-corrected chi connectivity index (χ0v) is 18.7. The summed E-state index contributed by atoms with van der Waals surface area (Å²) in [5.74, 6) is -3.85. The number of carbonyl (C=O) groups excluding carboxylic acids is 1. The van der Waals surface area contributed by atoms with E-state index in [0.717, 1.165) is 5.56 Å². The van der Waals surface area contributed by atoms with Gasteiger partial charge in [-0.3, -0.25) is 0 Å². The second-order valence-electron chi connectivity index (χ2n) is 8.43. The van der Waals surface area contributed by atoms with Crippen LogP contribution in [-0.4, -0.2) is 22.2 Å². The normalized spacial score (nSPS) is 26.5. The molecule has 0 saturated carbocycles. The summed E-state index contributed by atoms with van der Waals surface area (Å²) >= 11 is 0. The smallest absolute Gasteiger partial charge is 0.351 e. The van der Waals surface area contributed by atoms with E-state index in [0.29, 0.717) is 0 Å². The molecule has 1 aliphatic rings. The molecule has 3 aromatic rings. The van der Waals surface area contributed by atoms with Crippen LogP contribution in [0.15, 0.2) is 91.0 Å². The molecule has 6 nitrogen and oxygen atoms in total. The van der Waals surface area contributed by atoms with E-state index in [1.807, 2.05) is 18.2 Å². The van der Waals surface area contributed by atoms with Crippen molar-refractivity contribution in [1.82, 2.24) is 0 Å². The molecule has 0 spiro atoms. The van der Waals surface area contributed by atoms with Crippen molar-refractivity contribution in [2.24, 2.45) is 11.8 Å². The summed E-state index contributed by atoms with van der Waals surface area (Å²) in [6.07, 6.45) is 0. The first-order valence-corrected chi connectivity index (χ1v) is 10.9. The average molecular weight is 448 g/mol. The highest BCUT2D eigenvalue weighted by Crippen LogP contribution is 2.48. The number of carbonyl (C=O) groups is 2. The fourth-order valence-corrected chi connectivity index (χ4v) is 4.90. The van der Waals surface area contributed by atoms with E-state index in [2.05, 4.69) is 92.0 Å². The highest BCUT2D eigenvalue weighted by Gasteiger charge is 2.55. The van der Waals surface area contributed by atoms with Gasteiger partial charge in [-0.1, -0.05) is 105 Å². The average Bonchev–Trinajstić information content (AvgIpc) is 2.85. The summed E-state index contributed by atoms with van der Waals surface area (Å²) in [6, 6.07) is 31.8. The van der Waals surface area contributed by atoms with Gasteiger partial charge in [0.1, 0.15) is 17.7 Å². The lowest BCUT2D eigenvalue weighted by atomic mass is 9.63. The van der Waals surface area contributed by atoms with E-state index in [-0.39, 0.29) is 23.9 Å². The van der Waals surface area contributed by atoms with Crippen molar-refractivity contribution in [3.63, 3.8) is 0 Å². The van der Waals surface area contributed by atoms with Gasteiger partial charge in [0.05, 0.1) is 0 Å². The minimum absolute atomic E-state index is 0.0808. The standard InChI is InChI=1S/C25H27NO.C2H2O4/c1-18-23(20-12-6-3-7-13-20)26-24(21-14-8-4-9-15-21)19(2)25(18,27)22-16-10-5-11-17-22;3-1(4)2(5)6/h3-19,23-24,26-27H,1-2H3;(H,3,4)(H,5,6). The van der Waals surface area contributed by atoms with Gasteiger partial charge in [0, 0.05) is 23.0 Å². The number of hydrogen-bond acceptors (Lipinski definition) is 4. The fraction of sp³-hybridized carbons (Fsp3) is 0.259. The molecule has 4 atom stereocenters. The third-order valence-electron chi connectivity index (χ3n) is 6.66. The second kappa shape index (κ2) is 10.4. The first-order chi connectivity index (χ1) is 15.8. The van der Waals surface area contributed by atoms with Crippen LogP contribution < -0.4 is 10.4 Å². The topological polar surface area (TPSA) is 114 Å². The quantitative estimate of drug-likeness (QED) is 0.532. The number of aliphatic carboxylic acids is 2.